The van der Waals surface area contributed by atoms with Crippen molar-refractivity contribution >= 4 is 23.3 Å². The first-order valence-electron chi connectivity index (χ1n) is 16.3. The number of amides is 2. The van der Waals surface area contributed by atoms with Gasteiger partial charge in [0, 0.05) is 75.2 Å². The summed E-state index contributed by atoms with van der Waals surface area (Å²) < 4.78 is 5.24. The molecule has 4 heterocycles. The number of methoxy groups -OCH3 is 1. The van der Waals surface area contributed by atoms with Gasteiger partial charge in [-0.25, -0.2) is 0 Å². The molecule has 3 saturated heterocycles. The van der Waals surface area contributed by atoms with Gasteiger partial charge in [-0.3, -0.25) is 24.3 Å². The third-order valence-corrected chi connectivity index (χ3v) is 9.51. The van der Waals surface area contributed by atoms with Crippen molar-refractivity contribution in [2.45, 2.75) is 51.1 Å². The van der Waals surface area contributed by atoms with Gasteiger partial charge in [-0.05, 0) is 92.6 Å². The van der Waals surface area contributed by atoms with Gasteiger partial charge in [-0.2, -0.15) is 0 Å². The Bertz CT molecular complexity index is 1450. The van der Waals surface area contributed by atoms with Gasteiger partial charge >= 0.3 is 0 Å². The smallest absolute Gasteiger partial charge is 0.272 e. The maximum atomic E-state index is 13.2. The zero-order chi connectivity index (χ0) is 31.2. The molecule has 9 heteroatoms. The van der Waals surface area contributed by atoms with E-state index in [0.717, 1.165) is 56.9 Å². The van der Waals surface area contributed by atoms with E-state index >= 15 is 0 Å². The number of hydrogen-bond acceptors (Lipinski definition) is 7. The monoisotopic (exact) mass is 609 g/mol. The van der Waals surface area contributed by atoms with Gasteiger partial charge in [0.05, 0.1) is 12.7 Å². The molecule has 3 aliphatic rings. The van der Waals surface area contributed by atoms with Crippen molar-refractivity contribution in [2.24, 2.45) is 5.92 Å². The van der Waals surface area contributed by atoms with Crippen molar-refractivity contribution in [3.05, 3.63) is 89.2 Å². The molecule has 0 aliphatic carbocycles. The number of likely N-dealkylation sites (tertiary alicyclic amines) is 2. The SMILES string of the molecule is COc1ccc(CN2CCC(NC(=O)c3ccc(C(=O)N4CCC(C(=O)c5ccc(N6CCCC6)cc5)CC4)nc3)CC2)cc1. The van der Waals surface area contributed by atoms with E-state index in [4.69, 9.17) is 4.74 Å². The molecule has 3 aromatic rings. The molecule has 9 nitrogen and oxygen atoms in total. The standard InChI is InChI=1S/C36H43N5O4/c1-45-32-11-4-26(5-12-32)25-39-20-16-30(17-21-39)38-35(43)29-8-13-33(37-24-29)36(44)41-22-14-28(15-23-41)34(42)27-6-9-31(10-7-27)40-18-2-3-19-40/h4-13,24,28,30H,2-3,14-23,25H2,1H3,(H,38,43). The topological polar surface area (TPSA) is 95.1 Å². The molecule has 3 fully saturated rings. The third kappa shape index (κ3) is 7.53. The van der Waals surface area contributed by atoms with Crippen LogP contribution < -0.4 is 15.0 Å². The highest BCUT2D eigenvalue weighted by atomic mass is 16.5. The molecule has 2 aromatic carbocycles. The van der Waals surface area contributed by atoms with Crippen molar-refractivity contribution < 1.29 is 19.1 Å². The number of hydrogen-bond donors (Lipinski definition) is 1. The van der Waals surface area contributed by atoms with E-state index in [1.165, 1.54) is 30.3 Å². The maximum Gasteiger partial charge on any atom is 0.272 e. The van der Waals surface area contributed by atoms with Crippen molar-refractivity contribution in [3.63, 3.8) is 0 Å². The number of benzene rings is 2. The minimum atomic E-state index is -0.164. The number of aromatic nitrogens is 1. The molecule has 2 amide bonds. The first-order valence-corrected chi connectivity index (χ1v) is 16.3. The molecule has 1 N–H and O–H groups in total. The van der Waals surface area contributed by atoms with E-state index in [0.29, 0.717) is 37.2 Å². The molecule has 0 atom stereocenters. The van der Waals surface area contributed by atoms with Gasteiger partial charge < -0.3 is 19.9 Å². The minimum Gasteiger partial charge on any atom is -0.497 e. The fourth-order valence-corrected chi connectivity index (χ4v) is 6.70. The Labute approximate surface area is 265 Å². The third-order valence-electron chi connectivity index (χ3n) is 9.51. The van der Waals surface area contributed by atoms with Crippen LogP contribution in [0.3, 0.4) is 0 Å². The highest BCUT2D eigenvalue weighted by molar-refractivity contribution is 5.99. The number of anilines is 1. The van der Waals surface area contributed by atoms with E-state index in [1.807, 2.05) is 24.3 Å². The Morgan fingerprint density at radius 1 is 0.800 bits per heavy atom. The van der Waals surface area contributed by atoms with E-state index in [9.17, 15) is 14.4 Å². The van der Waals surface area contributed by atoms with Crippen LogP contribution in [0.5, 0.6) is 5.75 Å². The highest BCUT2D eigenvalue weighted by Gasteiger charge is 2.29. The lowest BCUT2D eigenvalue weighted by Crippen LogP contribution is -2.44. The Kier molecular flexibility index (Phi) is 9.74. The predicted octanol–water partition coefficient (Wildman–Crippen LogP) is 4.82. The lowest BCUT2D eigenvalue weighted by atomic mass is 9.88. The van der Waals surface area contributed by atoms with Crippen LogP contribution >= 0.6 is 0 Å². The molecule has 0 bridgehead atoms. The maximum absolute atomic E-state index is 13.2. The van der Waals surface area contributed by atoms with Crippen LogP contribution in [-0.2, 0) is 6.54 Å². The molecule has 6 rings (SSSR count). The quantitative estimate of drug-likeness (QED) is 0.348. The number of ketones is 1. The van der Waals surface area contributed by atoms with E-state index in [1.54, 1.807) is 24.1 Å². The summed E-state index contributed by atoms with van der Waals surface area (Å²) in [5.41, 5.74) is 3.95. The van der Waals surface area contributed by atoms with Crippen molar-refractivity contribution in [2.75, 3.05) is 51.3 Å². The second-order valence-electron chi connectivity index (χ2n) is 12.5. The second kappa shape index (κ2) is 14.2. The fourth-order valence-electron chi connectivity index (χ4n) is 6.70. The molecule has 0 radical (unpaired) electrons. The zero-order valence-corrected chi connectivity index (χ0v) is 26.1. The van der Waals surface area contributed by atoms with Crippen molar-refractivity contribution in [3.8, 4) is 5.75 Å². The van der Waals surface area contributed by atoms with Gasteiger partial charge in [0.15, 0.2) is 5.78 Å². The van der Waals surface area contributed by atoms with Gasteiger partial charge in [0.2, 0.25) is 0 Å². The van der Waals surface area contributed by atoms with E-state index < -0.39 is 0 Å². The van der Waals surface area contributed by atoms with Gasteiger partial charge in [-0.15, -0.1) is 0 Å². The number of carbonyl (C=O) groups is 3. The van der Waals surface area contributed by atoms with Gasteiger partial charge in [0.1, 0.15) is 11.4 Å². The summed E-state index contributed by atoms with van der Waals surface area (Å²) in [4.78, 5) is 50.1. The average molecular weight is 610 g/mol. The van der Waals surface area contributed by atoms with Crippen LogP contribution in [0.25, 0.3) is 0 Å². The average Bonchev–Trinajstić information content (AvgIpc) is 3.64. The Morgan fingerprint density at radius 2 is 1.47 bits per heavy atom. The highest BCUT2D eigenvalue weighted by Crippen LogP contribution is 2.26. The number of piperidine rings is 2. The fraction of sp³-hybridized carbons (Fsp3) is 0.444. The predicted molar refractivity (Wildman–Crippen MR) is 174 cm³/mol. The first-order chi connectivity index (χ1) is 22.0. The number of nitrogens with zero attached hydrogens (tertiary/aromatic N) is 4. The Balaban J connectivity index is 0.938. The summed E-state index contributed by atoms with van der Waals surface area (Å²) >= 11 is 0. The minimum absolute atomic E-state index is 0.0833. The Hall–Kier alpha value is -4.24. The number of Topliss-reactive ketones (excluding diaryl/α,β-unsaturated/α-hetero) is 1. The lowest BCUT2D eigenvalue weighted by molar-refractivity contribution is 0.0645. The summed E-state index contributed by atoms with van der Waals surface area (Å²) in [7, 11) is 1.67. The van der Waals surface area contributed by atoms with Crippen LogP contribution in [0.4, 0.5) is 5.69 Å². The van der Waals surface area contributed by atoms with Gasteiger partial charge in [-0.1, -0.05) is 12.1 Å². The molecule has 3 aliphatic heterocycles. The summed E-state index contributed by atoms with van der Waals surface area (Å²) in [6.07, 6.45) is 6.97. The number of nitrogens with one attached hydrogen (secondary N) is 1. The van der Waals surface area contributed by atoms with Crippen molar-refractivity contribution in [1.29, 1.82) is 0 Å². The number of carbonyl (C=O) groups excluding carboxylic acids is 3. The summed E-state index contributed by atoms with van der Waals surface area (Å²) in [5.74, 6) is 0.608. The van der Waals surface area contributed by atoms with Crippen molar-refractivity contribution in [1.82, 2.24) is 20.1 Å². The van der Waals surface area contributed by atoms with Gasteiger partial charge in [0.25, 0.3) is 11.8 Å². The van der Waals surface area contributed by atoms with Crippen LogP contribution in [0.1, 0.15) is 75.3 Å². The van der Waals surface area contributed by atoms with E-state index in [-0.39, 0.29) is 29.6 Å². The second-order valence-corrected chi connectivity index (χ2v) is 12.5. The number of ether oxygens (including phenoxy) is 1. The first kappa shape index (κ1) is 30.8. The van der Waals surface area contributed by atoms with E-state index in [2.05, 4.69) is 44.4 Å². The summed E-state index contributed by atoms with van der Waals surface area (Å²) in [5, 5.41) is 3.14. The molecule has 236 valence electrons. The molecule has 1 aromatic heterocycles. The summed E-state index contributed by atoms with van der Waals surface area (Å²) in [6, 6.07) is 19.6. The van der Waals surface area contributed by atoms with Crippen LogP contribution in [0.2, 0.25) is 0 Å². The lowest BCUT2D eigenvalue weighted by Gasteiger charge is -2.32. The molecular formula is C36H43N5O4. The molecule has 0 saturated carbocycles. The van der Waals surface area contributed by atoms with Crippen LogP contribution in [0.15, 0.2) is 66.9 Å². The molecule has 0 spiro atoms. The number of rotatable bonds is 9. The molecule has 0 unspecified atom stereocenters. The van der Waals surface area contributed by atoms with Crippen LogP contribution in [0, 0.1) is 5.92 Å². The van der Waals surface area contributed by atoms with Crippen LogP contribution in [-0.4, -0.2) is 84.8 Å². The molecular weight excluding hydrogens is 566 g/mol. The zero-order valence-electron chi connectivity index (χ0n) is 26.1. The molecule has 45 heavy (non-hydrogen) atoms. The normalized spacial score (nSPS) is 18.2. The number of pyridine rings is 1. The summed E-state index contributed by atoms with van der Waals surface area (Å²) in [6.45, 7) is 5.90. The Morgan fingerprint density at radius 3 is 2.09 bits per heavy atom. The largest absolute Gasteiger partial charge is 0.497 e.